The van der Waals surface area contributed by atoms with Gasteiger partial charge in [0.25, 0.3) is 0 Å². The Morgan fingerprint density at radius 1 is 1.10 bits per heavy atom. The molecule has 0 atom stereocenters. The van der Waals surface area contributed by atoms with Gasteiger partial charge in [-0.05, 0) is 48.4 Å². The van der Waals surface area contributed by atoms with Gasteiger partial charge in [0, 0.05) is 10.4 Å². The molecule has 0 aliphatic rings. The van der Waals surface area contributed by atoms with E-state index < -0.39 is 0 Å². The van der Waals surface area contributed by atoms with Gasteiger partial charge in [-0.25, -0.2) is 0 Å². The van der Waals surface area contributed by atoms with Crippen LogP contribution in [-0.4, -0.2) is 10.1 Å². The first-order chi connectivity index (χ1) is 10.2. The van der Waals surface area contributed by atoms with E-state index in [2.05, 4.69) is 22.1 Å². The standard InChI is InChI=1S/C16H14ClN3O/c1-2-10-3-8-14-13(9-10)15(16(21)18-14)20-19-12-6-4-11(17)5-7-12/h3-9,18,21H,2H2,1H3. The predicted molar refractivity (Wildman–Crippen MR) is 85.0 cm³/mol. The van der Waals surface area contributed by atoms with Crippen LogP contribution in [0.2, 0.25) is 5.02 Å². The number of nitrogens with one attached hydrogen (secondary N) is 1. The van der Waals surface area contributed by atoms with E-state index in [1.54, 1.807) is 24.3 Å². The Morgan fingerprint density at radius 2 is 1.86 bits per heavy atom. The number of benzene rings is 2. The average molecular weight is 300 g/mol. The van der Waals surface area contributed by atoms with Gasteiger partial charge in [0.05, 0.1) is 11.2 Å². The van der Waals surface area contributed by atoms with Crippen molar-refractivity contribution in [3.05, 3.63) is 53.1 Å². The molecule has 3 aromatic rings. The lowest BCUT2D eigenvalue weighted by Gasteiger charge is -1.97. The van der Waals surface area contributed by atoms with Gasteiger partial charge in [0.1, 0.15) is 0 Å². The lowest BCUT2D eigenvalue weighted by molar-refractivity contribution is 0.459. The maximum Gasteiger partial charge on any atom is 0.218 e. The number of azo groups is 1. The van der Waals surface area contributed by atoms with E-state index in [-0.39, 0.29) is 5.88 Å². The number of aromatic hydroxyl groups is 1. The smallest absolute Gasteiger partial charge is 0.218 e. The quantitative estimate of drug-likeness (QED) is 0.616. The van der Waals surface area contributed by atoms with Crippen LogP contribution in [0, 0.1) is 0 Å². The summed E-state index contributed by atoms with van der Waals surface area (Å²) in [5, 5.41) is 19.8. The van der Waals surface area contributed by atoms with Crippen LogP contribution < -0.4 is 0 Å². The molecule has 1 aromatic heterocycles. The van der Waals surface area contributed by atoms with Crippen molar-refractivity contribution >= 4 is 33.9 Å². The zero-order valence-electron chi connectivity index (χ0n) is 11.5. The molecule has 2 aromatic carbocycles. The summed E-state index contributed by atoms with van der Waals surface area (Å²) in [4.78, 5) is 2.90. The summed E-state index contributed by atoms with van der Waals surface area (Å²) in [6.07, 6.45) is 0.926. The van der Waals surface area contributed by atoms with E-state index >= 15 is 0 Å². The molecule has 0 aliphatic heterocycles. The van der Waals surface area contributed by atoms with Crippen molar-refractivity contribution in [1.29, 1.82) is 0 Å². The molecule has 0 saturated heterocycles. The summed E-state index contributed by atoms with van der Waals surface area (Å²) in [6.45, 7) is 2.09. The summed E-state index contributed by atoms with van der Waals surface area (Å²) < 4.78 is 0. The second-order valence-electron chi connectivity index (χ2n) is 4.73. The normalized spacial score (nSPS) is 11.5. The zero-order valence-corrected chi connectivity index (χ0v) is 12.2. The lowest BCUT2D eigenvalue weighted by Crippen LogP contribution is -1.77. The summed E-state index contributed by atoms with van der Waals surface area (Å²) in [6, 6.07) is 13.0. The van der Waals surface area contributed by atoms with E-state index in [1.807, 2.05) is 18.2 Å². The van der Waals surface area contributed by atoms with Gasteiger partial charge in [-0.1, -0.05) is 24.6 Å². The first-order valence-corrected chi connectivity index (χ1v) is 7.06. The van der Waals surface area contributed by atoms with E-state index in [9.17, 15) is 5.11 Å². The van der Waals surface area contributed by atoms with Crippen molar-refractivity contribution in [3.63, 3.8) is 0 Å². The fourth-order valence-electron chi connectivity index (χ4n) is 2.15. The first kappa shape index (κ1) is 13.6. The monoisotopic (exact) mass is 299 g/mol. The van der Waals surface area contributed by atoms with Crippen molar-refractivity contribution in [1.82, 2.24) is 4.98 Å². The highest BCUT2D eigenvalue weighted by Gasteiger charge is 2.10. The minimum Gasteiger partial charge on any atom is -0.493 e. The van der Waals surface area contributed by atoms with Gasteiger partial charge < -0.3 is 10.1 Å². The van der Waals surface area contributed by atoms with Crippen LogP contribution in [0.15, 0.2) is 52.7 Å². The number of aromatic amines is 1. The maximum atomic E-state index is 9.99. The van der Waals surface area contributed by atoms with Crippen molar-refractivity contribution in [3.8, 4) is 5.88 Å². The molecule has 0 spiro atoms. The Kier molecular flexibility index (Phi) is 3.62. The number of aromatic nitrogens is 1. The zero-order chi connectivity index (χ0) is 14.8. The Balaban J connectivity index is 2.03. The fourth-order valence-corrected chi connectivity index (χ4v) is 2.27. The van der Waals surface area contributed by atoms with Crippen LogP contribution >= 0.6 is 11.6 Å². The number of hydrogen-bond acceptors (Lipinski definition) is 3. The summed E-state index contributed by atoms with van der Waals surface area (Å²) in [7, 11) is 0. The number of fused-ring (bicyclic) bond motifs is 1. The molecule has 21 heavy (non-hydrogen) atoms. The third-order valence-corrected chi connectivity index (χ3v) is 3.57. The molecule has 0 bridgehead atoms. The van der Waals surface area contributed by atoms with E-state index in [0.29, 0.717) is 16.4 Å². The molecule has 106 valence electrons. The van der Waals surface area contributed by atoms with E-state index in [4.69, 9.17) is 11.6 Å². The highest BCUT2D eigenvalue weighted by atomic mass is 35.5. The van der Waals surface area contributed by atoms with Crippen molar-refractivity contribution in [2.24, 2.45) is 10.2 Å². The molecule has 1 heterocycles. The topological polar surface area (TPSA) is 60.7 Å². The second-order valence-corrected chi connectivity index (χ2v) is 5.17. The van der Waals surface area contributed by atoms with Crippen LogP contribution in [0.5, 0.6) is 5.88 Å². The van der Waals surface area contributed by atoms with Crippen LogP contribution in [0.1, 0.15) is 12.5 Å². The Bertz CT molecular complexity index is 806. The molecular weight excluding hydrogens is 286 g/mol. The predicted octanol–water partition coefficient (Wildman–Crippen LogP) is 5.50. The minimum absolute atomic E-state index is 0.0240. The molecule has 0 fully saturated rings. The second kappa shape index (κ2) is 5.58. The van der Waals surface area contributed by atoms with E-state index in [0.717, 1.165) is 17.3 Å². The Hall–Kier alpha value is -2.33. The number of H-pyrrole nitrogens is 1. The number of aryl methyl sites for hydroxylation is 1. The number of nitrogens with zero attached hydrogens (tertiary/aromatic N) is 2. The number of halogens is 1. The molecule has 2 N–H and O–H groups in total. The van der Waals surface area contributed by atoms with Gasteiger partial charge in [-0.3, -0.25) is 0 Å². The van der Waals surface area contributed by atoms with Crippen LogP contribution in [0.25, 0.3) is 10.9 Å². The number of rotatable bonds is 3. The Labute approximate surface area is 127 Å². The SMILES string of the molecule is CCc1ccc2[nH]c(O)c(N=Nc3ccc(Cl)cc3)c2c1. The van der Waals surface area contributed by atoms with Crippen LogP contribution in [0.3, 0.4) is 0 Å². The first-order valence-electron chi connectivity index (χ1n) is 6.68. The van der Waals surface area contributed by atoms with Crippen molar-refractivity contribution in [2.75, 3.05) is 0 Å². The molecule has 0 saturated carbocycles. The Morgan fingerprint density at radius 3 is 2.57 bits per heavy atom. The van der Waals surface area contributed by atoms with Crippen molar-refractivity contribution in [2.45, 2.75) is 13.3 Å². The van der Waals surface area contributed by atoms with Crippen molar-refractivity contribution < 1.29 is 5.11 Å². The van der Waals surface area contributed by atoms with Gasteiger partial charge in [-0.15, -0.1) is 5.11 Å². The minimum atomic E-state index is 0.0240. The highest BCUT2D eigenvalue weighted by molar-refractivity contribution is 6.30. The van der Waals surface area contributed by atoms with Crippen LogP contribution in [-0.2, 0) is 6.42 Å². The lowest BCUT2D eigenvalue weighted by atomic mass is 10.1. The highest BCUT2D eigenvalue weighted by Crippen LogP contribution is 2.36. The molecule has 0 radical (unpaired) electrons. The molecule has 0 unspecified atom stereocenters. The molecule has 5 heteroatoms. The van der Waals surface area contributed by atoms with Crippen LogP contribution in [0.4, 0.5) is 11.4 Å². The summed E-state index contributed by atoms with van der Waals surface area (Å²) >= 11 is 5.83. The summed E-state index contributed by atoms with van der Waals surface area (Å²) in [5.74, 6) is 0.0240. The third kappa shape index (κ3) is 2.76. The molecule has 0 amide bonds. The van der Waals surface area contributed by atoms with Gasteiger partial charge in [0.15, 0.2) is 5.69 Å². The van der Waals surface area contributed by atoms with E-state index in [1.165, 1.54) is 5.56 Å². The van der Waals surface area contributed by atoms with Gasteiger partial charge >= 0.3 is 0 Å². The fraction of sp³-hybridized carbons (Fsp3) is 0.125. The summed E-state index contributed by atoms with van der Waals surface area (Å²) in [5.41, 5.74) is 3.16. The maximum absolute atomic E-state index is 9.99. The largest absolute Gasteiger partial charge is 0.493 e. The molecule has 0 aliphatic carbocycles. The number of hydrogen-bond donors (Lipinski definition) is 2. The molecule has 3 rings (SSSR count). The molecular formula is C16H14ClN3O. The average Bonchev–Trinajstić information content (AvgIpc) is 2.81. The van der Waals surface area contributed by atoms with Gasteiger partial charge in [-0.2, -0.15) is 5.11 Å². The van der Waals surface area contributed by atoms with Gasteiger partial charge in [0.2, 0.25) is 5.88 Å². The molecule has 4 nitrogen and oxygen atoms in total. The third-order valence-electron chi connectivity index (χ3n) is 3.32.